The lowest BCUT2D eigenvalue weighted by atomic mass is 10.0. The molecule has 0 radical (unpaired) electrons. The highest BCUT2D eigenvalue weighted by Gasteiger charge is 2.30. The molecule has 1 aliphatic heterocycles. The molecule has 0 spiro atoms. The minimum absolute atomic E-state index is 0.0392. The summed E-state index contributed by atoms with van der Waals surface area (Å²) in [5.41, 5.74) is 4.82. The zero-order valence-corrected chi connectivity index (χ0v) is 16.7. The number of hydrogen-bond donors (Lipinski definition) is 1. The third-order valence-electron chi connectivity index (χ3n) is 5.89. The summed E-state index contributed by atoms with van der Waals surface area (Å²) >= 11 is 0. The number of amides is 1. The highest BCUT2D eigenvalue weighted by atomic mass is 16.5. The van der Waals surface area contributed by atoms with E-state index in [4.69, 9.17) is 9.47 Å². The van der Waals surface area contributed by atoms with E-state index in [-0.39, 0.29) is 11.9 Å². The first kappa shape index (κ1) is 18.8. The van der Waals surface area contributed by atoms with Gasteiger partial charge in [0.2, 0.25) is 5.91 Å². The minimum atomic E-state index is 0.0392. The van der Waals surface area contributed by atoms with Crippen molar-refractivity contribution < 1.29 is 14.3 Å². The van der Waals surface area contributed by atoms with Crippen LogP contribution in [0.2, 0.25) is 0 Å². The molecule has 1 amide bonds. The Morgan fingerprint density at radius 1 is 1.07 bits per heavy atom. The topological polar surface area (TPSA) is 50.8 Å². The Balaban J connectivity index is 1.44. The first-order chi connectivity index (χ1) is 13.7. The normalized spacial score (nSPS) is 18.7. The molecule has 2 aliphatic rings. The van der Waals surface area contributed by atoms with Gasteiger partial charge in [-0.3, -0.25) is 9.69 Å². The van der Waals surface area contributed by atoms with Crippen LogP contribution >= 0.6 is 0 Å². The van der Waals surface area contributed by atoms with E-state index >= 15 is 0 Å². The molecule has 5 nitrogen and oxygen atoms in total. The zero-order valence-electron chi connectivity index (χ0n) is 16.7. The second kappa shape index (κ2) is 8.23. The summed E-state index contributed by atoms with van der Waals surface area (Å²) in [6.45, 7) is 1.30. The van der Waals surface area contributed by atoms with Crippen LogP contribution in [0.3, 0.4) is 0 Å². The second-order valence-electron chi connectivity index (χ2n) is 7.62. The van der Waals surface area contributed by atoms with Gasteiger partial charge >= 0.3 is 0 Å². The van der Waals surface area contributed by atoms with E-state index in [9.17, 15) is 4.79 Å². The number of nitrogens with zero attached hydrogens (tertiary/aromatic N) is 1. The standard InChI is InChI=1S/C23H28N2O3/c1-27-19-10-11-20(22(14-19)28-2)21-7-4-12-25(21)15-23(26)24-18-9-8-16-5-3-6-17(16)13-18/h8-11,13-14,21H,3-7,12,15H2,1-2H3,(H,24,26)/t21-/m1/s1. The van der Waals surface area contributed by atoms with E-state index in [0.29, 0.717) is 6.54 Å². The van der Waals surface area contributed by atoms with E-state index in [0.717, 1.165) is 55.0 Å². The zero-order chi connectivity index (χ0) is 19.5. The Morgan fingerprint density at radius 2 is 1.93 bits per heavy atom. The van der Waals surface area contributed by atoms with Crippen LogP contribution in [0.4, 0.5) is 5.69 Å². The Kier molecular flexibility index (Phi) is 5.53. The fourth-order valence-corrected chi connectivity index (χ4v) is 4.50. The van der Waals surface area contributed by atoms with Gasteiger partial charge in [-0.05, 0) is 68.0 Å². The Bertz CT molecular complexity index is 865. The molecular weight excluding hydrogens is 352 g/mol. The molecule has 1 heterocycles. The monoisotopic (exact) mass is 380 g/mol. The Labute approximate surface area is 166 Å². The first-order valence-corrected chi connectivity index (χ1v) is 10.1. The van der Waals surface area contributed by atoms with E-state index in [1.165, 1.54) is 17.5 Å². The fraction of sp³-hybridized carbons (Fsp3) is 0.435. The van der Waals surface area contributed by atoms with Crippen molar-refractivity contribution >= 4 is 11.6 Å². The van der Waals surface area contributed by atoms with Gasteiger partial charge in [-0.15, -0.1) is 0 Å². The summed E-state index contributed by atoms with van der Waals surface area (Å²) in [6, 6.07) is 12.4. The minimum Gasteiger partial charge on any atom is -0.497 e. The van der Waals surface area contributed by atoms with Crippen molar-refractivity contribution in [1.29, 1.82) is 0 Å². The SMILES string of the molecule is COc1ccc([C@H]2CCCN2CC(=O)Nc2ccc3c(c2)CCC3)c(OC)c1. The number of anilines is 1. The van der Waals surface area contributed by atoms with Gasteiger partial charge in [0.25, 0.3) is 0 Å². The quantitative estimate of drug-likeness (QED) is 0.824. The number of carbonyl (C=O) groups excluding carboxylic acids is 1. The van der Waals surface area contributed by atoms with Crippen LogP contribution in [0, 0.1) is 0 Å². The van der Waals surface area contributed by atoms with Crippen LogP contribution < -0.4 is 14.8 Å². The molecule has 0 saturated carbocycles. The molecule has 1 saturated heterocycles. The highest BCUT2D eigenvalue weighted by molar-refractivity contribution is 5.92. The number of fused-ring (bicyclic) bond motifs is 1. The number of likely N-dealkylation sites (tertiary alicyclic amines) is 1. The van der Waals surface area contributed by atoms with E-state index in [2.05, 4.69) is 28.4 Å². The fourth-order valence-electron chi connectivity index (χ4n) is 4.50. The molecule has 1 N–H and O–H groups in total. The van der Waals surface area contributed by atoms with Gasteiger partial charge in [-0.2, -0.15) is 0 Å². The first-order valence-electron chi connectivity index (χ1n) is 10.1. The van der Waals surface area contributed by atoms with Crippen molar-refractivity contribution in [1.82, 2.24) is 4.90 Å². The molecule has 5 heteroatoms. The van der Waals surface area contributed by atoms with Crippen LogP contribution in [0.15, 0.2) is 36.4 Å². The van der Waals surface area contributed by atoms with Crippen LogP contribution in [0.5, 0.6) is 11.5 Å². The summed E-state index contributed by atoms with van der Waals surface area (Å²) in [6.07, 6.45) is 5.58. The van der Waals surface area contributed by atoms with Crippen molar-refractivity contribution in [3.63, 3.8) is 0 Å². The van der Waals surface area contributed by atoms with Gasteiger partial charge in [0.1, 0.15) is 11.5 Å². The molecule has 1 aliphatic carbocycles. The lowest BCUT2D eigenvalue weighted by molar-refractivity contribution is -0.117. The summed E-state index contributed by atoms with van der Waals surface area (Å²) in [4.78, 5) is 14.9. The third kappa shape index (κ3) is 3.85. The summed E-state index contributed by atoms with van der Waals surface area (Å²) in [5, 5.41) is 3.09. The van der Waals surface area contributed by atoms with Crippen molar-refractivity contribution in [3.05, 3.63) is 53.1 Å². The molecule has 148 valence electrons. The van der Waals surface area contributed by atoms with Crippen LogP contribution in [0.25, 0.3) is 0 Å². The number of benzene rings is 2. The smallest absolute Gasteiger partial charge is 0.238 e. The number of rotatable bonds is 6. The predicted molar refractivity (Wildman–Crippen MR) is 110 cm³/mol. The number of aryl methyl sites for hydroxylation is 2. The van der Waals surface area contributed by atoms with E-state index in [1.807, 2.05) is 18.2 Å². The maximum absolute atomic E-state index is 12.7. The lowest BCUT2D eigenvalue weighted by Crippen LogP contribution is -2.33. The average molecular weight is 380 g/mol. The number of nitrogens with one attached hydrogen (secondary N) is 1. The molecule has 28 heavy (non-hydrogen) atoms. The predicted octanol–water partition coefficient (Wildman–Crippen LogP) is 3.97. The van der Waals surface area contributed by atoms with E-state index < -0.39 is 0 Å². The molecular formula is C23H28N2O3. The second-order valence-corrected chi connectivity index (χ2v) is 7.62. The molecule has 0 bridgehead atoms. The lowest BCUT2D eigenvalue weighted by Gasteiger charge is -2.26. The van der Waals surface area contributed by atoms with Crippen molar-refractivity contribution in [3.8, 4) is 11.5 Å². The third-order valence-corrected chi connectivity index (χ3v) is 5.89. The van der Waals surface area contributed by atoms with Gasteiger partial charge in [0.05, 0.1) is 20.8 Å². The Hall–Kier alpha value is -2.53. The van der Waals surface area contributed by atoms with Crippen LogP contribution in [-0.2, 0) is 17.6 Å². The summed E-state index contributed by atoms with van der Waals surface area (Å²) in [7, 11) is 3.33. The summed E-state index contributed by atoms with van der Waals surface area (Å²) in [5.74, 6) is 1.63. The molecule has 0 unspecified atom stereocenters. The molecule has 1 atom stereocenters. The van der Waals surface area contributed by atoms with Gasteiger partial charge in [0.15, 0.2) is 0 Å². The average Bonchev–Trinajstić information content (AvgIpc) is 3.36. The van der Waals surface area contributed by atoms with Gasteiger partial charge in [-0.1, -0.05) is 12.1 Å². The van der Waals surface area contributed by atoms with Crippen LogP contribution in [-0.4, -0.2) is 38.1 Å². The number of carbonyl (C=O) groups is 1. The van der Waals surface area contributed by atoms with Crippen molar-refractivity contribution in [2.75, 3.05) is 32.6 Å². The molecule has 4 rings (SSSR count). The van der Waals surface area contributed by atoms with Gasteiger partial charge in [0, 0.05) is 23.4 Å². The molecule has 2 aromatic carbocycles. The molecule has 1 fully saturated rings. The molecule has 2 aromatic rings. The van der Waals surface area contributed by atoms with Crippen LogP contribution in [0.1, 0.15) is 42.0 Å². The summed E-state index contributed by atoms with van der Waals surface area (Å²) < 4.78 is 10.9. The maximum Gasteiger partial charge on any atom is 0.238 e. The maximum atomic E-state index is 12.7. The van der Waals surface area contributed by atoms with Gasteiger partial charge in [-0.25, -0.2) is 0 Å². The molecule has 0 aromatic heterocycles. The largest absolute Gasteiger partial charge is 0.497 e. The number of hydrogen-bond acceptors (Lipinski definition) is 4. The van der Waals surface area contributed by atoms with Crippen molar-refractivity contribution in [2.45, 2.75) is 38.1 Å². The number of methoxy groups -OCH3 is 2. The Morgan fingerprint density at radius 3 is 2.75 bits per heavy atom. The number of ether oxygens (including phenoxy) is 2. The van der Waals surface area contributed by atoms with Crippen molar-refractivity contribution in [2.24, 2.45) is 0 Å². The van der Waals surface area contributed by atoms with E-state index in [1.54, 1.807) is 14.2 Å². The van der Waals surface area contributed by atoms with Gasteiger partial charge < -0.3 is 14.8 Å². The highest BCUT2D eigenvalue weighted by Crippen LogP contribution is 2.38.